The summed E-state index contributed by atoms with van der Waals surface area (Å²) in [6.45, 7) is 13.1. The van der Waals surface area contributed by atoms with Crippen LogP contribution in [-0.4, -0.2) is 11.1 Å². The molecule has 0 aromatic rings. The minimum Gasteiger partial charge on any atom is -0.481 e. The maximum Gasteiger partial charge on any atom is 0.306 e. The molecule has 0 aromatic heterocycles. The van der Waals surface area contributed by atoms with E-state index >= 15 is 0 Å². The van der Waals surface area contributed by atoms with Gasteiger partial charge in [0.1, 0.15) is 0 Å². The molecule has 3 unspecified atom stereocenters. The van der Waals surface area contributed by atoms with Gasteiger partial charge in [-0.1, -0.05) is 67.2 Å². The minimum atomic E-state index is -0.605. The first-order valence-corrected chi connectivity index (χ1v) is 7.94. The Morgan fingerprint density at radius 1 is 1.21 bits per heavy atom. The fraction of sp³-hybridized carbons (Fsp3) is 0.941. The van der Waals surface area contributed by atoms with Crippen LogP contribution in [-0.2, 0) is 4.79 Å². The van der Waals surface area contributed by atoms with Gasteiger partial charge in [-0.05, 0) is 30.1 Å². The maximum atomic E-state index is 11.6. The van der Waals surface area contributed by atoms with Crippen molar-refractivity contribution in [1.82, 2.24) is 0 Å². The van der Waals surface area contributed by atoms with E-state index in [1.54, 1.807) is 0 Å². The molecule has 0 bridgehead atoms. The van der Waals surface area contributed by atoms with E-state index in [-0.39, 0.29) is 17.3 Å². The number of aliphatic carboxylic acids is 1. The third-order valence-electron chi connectivity index (χ3n) is 4.07. The molecule has 0 fully saturated rings. The Morgan fingerprint density at radius 3 is 2.16 bits per heavy atom. The third-order valence-corrected chi connectivity index (χ3v) is 4.07. The van der Waals surface area contributed by atoms with Crippen molar-refractivity contribution in [2.45, 2.75) is 80.1 Å². The first-order valence-electron chi connectivity index (χ1n) is 7.94. The van der Waals surface area contributed by atoms with E-state index < -0.39 is 5.97 Å². The van der Waals surface area contributed by atoms with Crippen LogP contribution in [0.25, 0.3) is 0 Å². The lowest BCUT2D eigenvalue weighted by Crippen LogP contribution is -2.27. The van der Waals surface area contributed by atoms with E-state index in [0.29, 0.717) is 5.92 Å². The Bertz CT molecular complexity index is 252. The first kappa shape index (κ1) is 18.5. The molecule has 0 radical (unpaired) electrons. The third kappa shape index (κ3) is 8.28. The van der Waals surface area contributed by atoms with Gasteiger partial charge < -0.3 is 5.11 Å². The monoisotopic (exact) mass is 270 g/mol. The fourth-order valence-corrected chi connectivity index (χ4v) is 3.03. The molecular weight excluding hydrogens is 236 g/mol. The Kier molecular flexibility index (Phi) is 8.36. The molecule has 3 atom stereocenters. The largest absolute Gasteiger partial charge is 0.481 e. The summed E-state index contributed by atoms with van der Waals surface area (Å²) in [6, 6.07) is 0. The van der Waals surface area contributed by atoms with Crippen LogP contribution >= 0.6 is 0 Å². The fourth-order valence-electron chi connectivity index (χ4n) is 3.03. The highest BCUT2D eigenvalue weighted by atomic mass is 16.4. The quantitative estimate of drug-likeness (QED) is 0.612. The lowest BCUT2D eigenvalue weighted by molar-refractivity contribution is -0.144. The second kappa shape index (κ2) is 8.60. The van der Waals surface area contributed by atoms with Crippen LogP contribution < -0.4 is 0 Å². The second-order valence-electron chi connectivity index (χ2n) is 7.34. The highest BCUT2D eigenvalue weighted by molar-refractivity contribution is 5.70. The van der Waals surface area contributed by atoms with Gasteiger partial charge in [0.25, 0.3) is 0 Å². The summed E-state index contributed by atoms with van der Waals surface area (Å²) in [5.74, 6) is 0.0457. The number of unbranched alkanes of at least 4 members (excludes halogenated alkanes) is 1. The average Bonchev–Trinajstić information content (AvgIpc) is 2.26. The molecule has 0 saturated carbocycles. The number of carboxylic acids is 1. The highest BCUT2D eigenvalue weighted by Crippen LogP contribution is 2.33. The van der Waals surface area contributed by atoms with Gasteiger partial charge in [0.05, 0.1) is 5.92 Å². The molecule has 0 aliphatic rings. The van der Waals surface area contributed by atoms with Crippen molar-refractivity contribution >= 4 is 5.97 Å². The summed E-state index contributed by atoms with van der Waals surface area (Å²) in [5.41, 5.74) is 0.207. The van der Waals surface area contributed by atoms with E-state index in [2.05, 4.69) is 41.5 Å². The van der Waals surface area contributed by atoms with Crippen molar-refractivity contribution in [1.29, 1.82) is 0 Å². The van der Waals surface area contributed by atoms with E-state index in [1.165, 1.54) is 19.3 Å². The average molecular weight is 270 g/mol. The predicted molar refractivity (Wildman–Crippen MR) is 82.3 cm³/mol. The van der Waals surface area contributed by atoms with Crippen molar-refractivity contribution in [3.05, 3.63) is 0 Å². The van der Waals surface area contributed by atoms with Gasteiger partial charge in [0, 0.05) is 0 Å². The van der Waals surface area contributed by atoms with Gasteiger partial charge in [-0.2, -0.15) is 0 Å². The van der Waals surface area contributed by atoms with Crippen molar-refractivity contribution in [3.63, 3.8) is 0 Å². The van der Waals surface area contributed by atoms with Crippen LogP contribution in [0.3, 0.4) is 0 Å². The van der Waals surface area contributed by atoms with Crippen LogP contribution in [0.5, 0.6) is 0 Å². The molecule has 114 valence electrons. The lowest BCUT2D eigenvalue weighted by Gasteiger charge is -2.29. The van der Waals surface area contributed by atoms with Crippen molar-refractivity contribution in [2.75, 3.05) is 0 Å². The molecular formula is C17H34O2. The smallest absolute Gasteiger partial charge is 0.306 e. The van der Waals surface area contributed by atoms with Gasteiger partial charge in [0.2, 0.25) is 0 Å². The molecule has 0 aliphatic heterocycles. The zero-order valence-corrected chi connectivity index (χ0v) is 13.8. The van der Waals surface area contributed by atoms with E-state index in [1.807, 2.05) is 0 Å². The standard InChI is InChI=1S/C17H34O2/c1-7-9-10-14(8-2)11-15(16(18)19)13(3)12-17(4,5)6/h13-15H,7-12H2,1-6H3,(H,18,19). The van der Waals surface area contributed by atoms with Crippen molar-refractivity contribution < 1.29 is 9.90 Å². The Labute approximate surface area is 120 Å². The van der Waals surface area contributed by atoms with Gasteiger partial charge in [0.15, 0.2) is 0 Å². The van der Waals surface area contributed by atoms with E-state index in [9.17, 15) is 9.90 Å². The molecule has 2 nitrogen and oxygen atoms in total. The molecule has 0 aromatic carbocycles. The zero-order valence-electron chi connectivity index (χ0n) is 13.8. The molecule has 0 aliphatic carbocycles. The summed E-state index contributed by atoms with van der Waals surface area (Å²) in [7, 11) is 0. The second-order valence-corrected chi connectivity index (χ2v) is 7.34. The maximum absolute atomic E-state index is 11.6. The lowest BCUT2D eigenvalue weighted by atomic mass is 9.75. The molecule has 0 saturated heterocycles. The van der Waals surface area contributed by atoms with Gasteiger partial charge in [-0.3, -0.25) is 4.79 Å². The van der Waals surface area contributed by atoms with Crippen LogP contribution in [0, 0.1) is 23.2 Å². The van der Waals surface area contributed by atoms with Crippen molar-refractivity contribution in [2.24, 2.45) is 23.2 Å². The van der Waals surface area contributed by atoms with E-state index in [0.717, 1.165) is 19.3 Å². The van der Waals surface area contributed by atoms with Crippen LogP contribution in [0.1, 0.15) is 80.1 Å². The minimum absolute atomic E-state index is 0.180. The predicted octanol–water partition coefficient (Wildman–Crippen LogP) is 5.37. The summed E-state index contributed by atoms with van der Waals surface area (Å²) >= 11 is 0. The Hall–Kier alpha value is -0.530. The van der Waals surface area contributed by atoms with Crippen LogP contribution in [0.4, 0.5) is 0 Å². The highest BCUT2D eigenvalue weighted by Gasteiger charge is 2.29. The van der Waals surface area contributed by atoms with Gasteiger partial charge >= 0.3 is 5.97 Å². The summed E-state index contributed by atoms with van der Waals surface area (Å²) < 4.78 is 0. The van der Waals surface area contributed by atoms with E-state index in [4.69, 9.17) is 0 Å². The van der Waals surface area contributed by atoms with Crippen molar-refractivity contribution in [3.8, 4) is 0 Å². The van der Waals surface area contributed by atoms with Gasteiger partial charge in [-0.15, -0.1) is 0 Å². The molecule has 0 heterocycles. The molecule has 0 amide bonds. The summed E-state index contributed by atoms with van der Waals surface area (Å²) in [5, 5.41) is 9.51. The molecule has 0 spiro atoms. The molecule has 0 rings (SSSR count). The SMILES string of the molecule is CCCCC(CC)CC(C(=O)O)C(C)CC(C)(C)C. The summed E-state index contributed by atoms with van der Waals surface area (Å²) in [4.78, 5) is 11.6. The zero-order chi connectivity index (χ0) is 15.1. The first-order chi connectivity index (χ1) is 8.71. The number of hydrogen-bond acceptors (Lipinski definition) is 1. The number of rotatable bonds is 9. The summed E-state index contributed by atoms with van der Waals surface area (Å²) in [6.07, 6.45) is 6.53. The topological polar surface area (TPSA) is 37.3 Å². The molecule has 2 heteroatoms. The number of carbonyl (C=O) groups is 1. The Morgan fingerprint density at radius 2 is 1.79 bits per heavy atom. The Balaban J connectivity index is 4.58. The van der Waals surface area contributed by atoms with Crippen LogP contribution in [0.2, 0.25) is 0 Å². The molecule has 19 heavy (non-hydrogen) atoms. The number of hydrogen-bond donors (Lipinski definition) is 1. The van der Waals surface area contributed by atoms with Gasteiger partial charge in [-0.25, -0.2) is 0 Å². The number of carboxylic acid groups (broad SMARTS) is 1. The normalized spacial score (nSPS) is 16.9. The molecule has 1 N–H and O–H groups in total. The van der Waals surface area contributed by atoms with Crippen LogP contribution in [0.15, 0.2) is 0 Å².